The summed E-state index contributed by atoms with van der Waals surface area (Å²) in [5.74, 6) is 0.352. The van der Waals surface area contributed by atoms with Gasteiger partial charge in [0.05, 0.1) is 0 Å². The third-order valence-electron chi connectivity index (χ3n) is 4.43. The van der Waals surface area contributed by atoms with E-state index >= 15 is 0 Å². The van der Waals surface area contributed by atoms with Crippen molar-refractivity contribution in [3.05, 3.63) is 29.3 Å². The molecule has 0 spiro atoms. The van der Waals surface area contributed by atoms with Crippen LogP contribution in [0.5, 0.6) is 0 Å². The van der Waals surface area contributed by atoms with Crippen LogP contribution < -0.4 is 10.2 Å². The van der Waals surface area contributed by atoms with Crippen molar-refractivity contribution in [2.45, 2.75) is 26.3 Å². The zero-order chi connectivity index (χ0) is 16.1. The van der Waals surface area contributed by atoms with Crippen molar-refractivity contribution in [1.29, 1.82) is 0 Å². The average molecular weight is 305 g/mol. The number of hydrogen-bond donors (Lipinski definition) is 2. The van der Waals surface area contributed by atoms with Gasteiger partial charge in [-0.3, -0.25) is 0 Å². The summed E-state index contributed by atoms with van der Waals surface area (Å²) in [7, 11) is 4.04. The highest BCUT2D eigenvalue weighted by Gasteiger charge is 2.21. The summed E-state index contributed by atoms with van der Waals surface area (Å²) < 4.78 is 0. The number of rotatable bonds is 4. The molecule has 1 aliphatic heterocycles. The molecule has 0 radical (unpaired) electrons. The predicted octanol–water partition coefficient (Wildman–Crippen LogP) is 1.97. The van der Waals surface area contributed by atoms with Gasteiger partial charge in [-0.15, -0.1) is 0 Å². The standard InChI is InChI=1S/C17H27N3O2/c1-13-10-16(19(2)3)5-4-15(13)11-18-17(22)20-8-6-14(12-21)7-9-20/h4-5,10,14,21H,6-9,11-12H2,1-3H3,(H,18,22). The summed E-state index contributed by atoms with van der Waals surface area (Å²) in [5, 5.41) is 12.1. The number of nitrogens with one attached hydrogen (secondary N) is 1. The maximum atomic E-state index is 12.2. The fraction of sp³-hybridized carbons (Fsp3) is 0.588. The molecular formula is C17H27N3O2. The van der Waals surface area contributed by atoms with E-state index in [2.05, 4.69) is 35.3 Å². The second-order valence-electron chi connectivity index (χ2n) is 6.28. The maximum absolute atomic E-state index is 12.2. The van der Waals surface area contributed by atoms with Crippen LogP contribution in [0.2, 0.25) is 0 Å². The van der Waals surface area contributed by atoms with Gasteiger partial charge in [-0.05, 0) is 48.9 Å². The summed E-state index contributed by atoms with van der Waals surface area (Å²) in [5.41, 5.74) is 3.49. The van der Waals surface area contributed by atoms with Gasteiger partial charge >= 0.3 is 6.03 Å². The first-order valence-electron chi connectivity index (χ1n) is 7.91. The first-order chi connectivity index (χ1) is 10.5. The van der Waals surface area contributed by atoms with Crippen LogP contribution in [0, 0.1) is 12.8 Å². The van der Waals surface area contributed by atoms with Crippen LogP contribution in [0.4, 0.5) is 10.5 Å². The Morgan fingerprint density at radius 2 is 2.05 bits per heavy atom. The topological polar surface area (TPSA) is 55.8 Å². The van der Waals surface area contributed by atoms with E-state index in [0.717, 1.165) is 31.5 Å². The summed E-state index contributed by atoms with van der Waals surface area (Å²) in [6, 6.07) is 6.27. The summed E-state index contributed by atoms with van der Waals surface area (Å²) >= 11 is 0. The number of piperidine rings is 1. The monoisotopic (exact) mass is 305 g/mol. The lowest BCUT2D eigenvalue weighted by Crippen LogP contribution is -2.44. The molecule has 0 aromatic heterocycles. The highest BCUT2D eigenvalue weighted by Crippen LogP contribution is 2.18. The van der Waals surface area contributed by atoms with E-state index in [9.17, 15) is 4.79 Å². The molecule has 1 aromatic rings. The van der Waals surface area contributed by atoms with Gasteiger partial charge < -0.3 is 20.2 Å². The molecule has 1 aliphatic rings. The first-order valence-corrected chi connectivity index (χ1v) is 7.91. The Morgan fingerprint density at radius 3 is 2.59 bits per heavy atom. The van der Waals surface area contributed by atoms with Crippen molar-refractivity contribution in [3.8, 4) is 0 Å². The molecule has 2 rings (SSSR count). The van der Waals surface area contributed by atoms with Crippen LogP contribution in [0.15, 0.2) is 18.2 Å². The number of benzene rings is 1. The minimum absolute atomic E-state index is 0.00697. The van der Waals surface area contributed by atoms with Crippen molar-refractivity contribution in [1.82, 2.24) is 10.2 Å². The minimum Gasteiger partial charge on any atom is -0.396 e. The zero-order valence-electron chi connectivity index (χ0n) is 13.8. The van der Waals surface area contributed by atoms with E-state index in [1.54, 1.807) is 0 Å². The number of aliphatic hydroxyl groups excluding tert-OH is 1. The van der Waals surface area contributed by atoms with Crippen LogP contribution in [0.25, 0.3) is 0 Å². The maximum Gasteiger partial charge on any atom is 0.317 e. The molecule has 1 fully saturated rings. The Morgan fingerprint density at radius 1 is 1.36 bits per heavy atom. The lowest BCUT2D eigenvalue weighted by atomic mass is 9.98. The van der Waals surface area contributed by atoms with E-state index in [4.69, 9.17) is 5.11 Å². The van der Waals surface area contributed by atoms with Gasteiger partial charge in [0.25, 0.3) is 0 Å². The molecule has 5 heteroatoms. The van der Waals surface area contributed by atoms with Gasteiger partial charge in [0.1, 0.15) is 0 Å². The van der Waals surface area contributed by atoms with Gasteiger partial charge in [0, 0.05) is 46.0 Å². The number of likely N-dealkylation sites (tertiary alicyclic amines) is 1. The Hall–Kier alpha value is -1.75. The van der Waals surface area contributed by atoms with Crippen LogP contribution in [0.3, 0.4) is 0 Å². The Balaban J connectivity index is 1.86. The molecule has 1 saturated heterocycles. The number of nitrogens with zero attached hydrogens (tertiary/aromatic N) is 2. The predicted molar refractivity (Wildman–Crippen MR) is 89.1 cm³/mol. The highest BCUT2D eigenvalue weighted by atomic mass is 16.3. The minimum atomic E-state index is -0.00697. The molecule has 22 heavy (non-hydrogen) atoms. The van der Waals surface area contributed by atoms with E-state index in [1.165, 1.54) is 11.3 Å². The summed E-state index contributed by atoms with van der Waals surface area (Å²) in [4.78, 5) is 16.1. The number of carbonyl (C=O) groups is 1. The lowest BCUT2D eigenvalue weighted by molar-refractivity contribution is 0.137. The smallest absolute Gasteiger partial charge is 0.317 e. The SMILES string of the molecule is Cc1cc(N(C)C)ccc1CNC(=O)N1CCC(CO)CC1. The normalized spacial score (nSPS) is 15.7. The van der Waals surface area contributed by atoms with Gasteiger partial charge in [0.15, 0.2) is 0 Å². The molecule has 1 heterocycles. The van der Waals surface area contributed by atoms with E-state index < -0.39 is 0 Å². The van der Waals surface area contributed by atoms with Crippen LogP contribution in [-0.2, 0) is 6.54 Å². The molecule has 5 nitrogen and oxygen atoms in total. The Kier molecular flexibility index (Phi) is 5.66. The molecular weight excluding hydrogens is 278 g/mol. The molecule has 0 unspecified atom stereocenters. The third kappa shape index (κ3) is 4.13. The number of hydrogen-bond acceptors (Lipinski definition) is 3. The molecule has 0 saturated carbocycles. The fourth-order valence-corrected chi connectivity index (χ4v) is 2.76. The molecule has 2 N–H and O–H groups in total. The molecule has 1 aromatic carbocycles. The summed E-state index contributed by atoms with van der Waals surface area (Å²) in [6.07, 6.45) is 1.78. The quantitative estimate of drug-likeness (QED) is 0.894. The van der Waals surface area contributed by atoms with Crippen molar-refractivity contribution in [2.75, 3.05) is 38.7 Å². The largest absolute Gasteiger partial charge is 0.396 e. The molecule has 122 valence electrons. The van der Waals surface area contributed by atoms with E-state index in [1.807, 2.05) is 19.0 Å². The van der Waals surface area contributed by atoms with Gasteiger partial charge in [-0.25, -0.2) is 4.79 Å². The number of aryl methyl sites for hydroxylation is 1. The summed E-state index contributed by atoms with van der Waals surface area (Å²) in [6.45, 7) is 4.32. The van der Waals surface area contributed by atoms with Crippen molar-refractivity contribution >= 4 is 11.7 Å². The number of anilines is 1. The molecule has 0 bridgehead atoms. The number of carbonyl (C=O) groups excluding carboxylic acids is 1. The third-order valence-corrected chi connectivity index (χ3v) is 4.43. The van der Waals surface area contributed by atoms with Gasteiger partial charge in [-0.1, -0.05) is 6.07 Å². The second-order valence-corrected chi connectivity index (χ2v) is 6.28. The first kappa shape index (κ1) is 16.6. The van der Waals surface area contributed by atoms with Gasteiger partial charge in [0.2, 0.25) is 0 Å². The van der Waals surface area contributed by atoms with Gasteiger partial charge in [-0.2, -0.15) is 0 Å². The van der Waals surface area contributed by atoms with E-state index in [-0.39, 0.29) is 12.6 Å². The van der Waals surface area contributed by atoms with Crippen LogP contribution >= 0.6 is 0 Å². The number of urea groups is 1. The molecule has 2 amide bonds. The lowest BCUT2D eigenvalue weighted by Gasteiger charge is -2.31. The highest BCUT2D eigenvalue weighted by molar-refractivity contribution is 5.74. The number of aliphatic hydroxyl groups is 1. The Labute approximate surface area is 132 Å². The number of amides is 2. The average Bonchev–Trinajstić information content (AvgIpc) is 2.53. The Bertz CT molecular complexity index is 509. The van der Waals surface area contributed by atoms with Crippen molar-refractivity contribution in [2.24, 2.45) is 5.92 Å². The van der Waals surface area contributed by atoms with Crippen LogP contribution in [-0.4, -0.2) is 49.8 Å². The second kappa shape index (κ2) is 7.49. The van der Waals surface area contributed by atoms with E-state index in [0.29, 0.717) is 12.5 Å². The van der Waals surface area contributed by atoms with Crippen molar-refractivity contribution in [3.63, 3.8) is 0 Å². The van der Waals surface area contributed by atoms with Crippen molar-refractivity contribution < 1.29 is 9.90 Å². The van der Waals surface area contributed by atoms with Crippen LogP contribution in [0.1, 0.15) is 24.0 Å². The molecule has 0 atom stereocenters. The zero-order valence-corrected chi connectivity index (χ0v) is 13.8. The molecule has 0 aliphatic carbocycles. The fourth-order valence-electron chi connectivity index (χ4n) is 2.76.